The molecule has 2 aromatic heterocycles. The van der Waals surface area contributed by atoms with Gasteiger partial charge >= 0.3 is 0 Å². The highest BCUT2D eigenvalue weighted by molar-refractivity contribution is 5.39. The first-order valence-electron chi connectivity index (χ1n) is 4.80. The normalized spacial score (nSPS) is 10.6. The number of aryl methyl sites for hydroxylation is 2. The fourth-order valence-corrected chi connectivity index (χ4v) is 1.62. The van der Waals surface area contributed by atoms with Gasteiger partial charge in [-0.3, -0.25) is 4.98 Å². The molecule has 2 heterocycles. The van der Waals surface area contributed by atoms with Crippen LogP contribution in [0.15, 0.2) is 24.5 Å². The van der Waals surface area contributed by atoms with Crippen molar-refractivity contribution in [3.63, 3.8) is 0 Å². The fourth-order valence-electron chi connectivity index (χ4n) is 1.62. The Labute approximate surface area is 88.2 Å². The first kappa shape index (κ1) is 9.86. The van der Waals surface area contributed by atoms with E-state index in [4.69, 9.17) is 0 Å². The first-order chi connectivity index (χ1) is 7.22. The monoisotopic (exact) mass is 203 g/mol. The lowest BCUT2D eigenvalue weighted by atomic mass is 10.2. The molecule has 0 bridgehead atoms. The van der Waals surface area contributed by atoms with Crippen molar-refractivity contribution in [3.05, 3.63) is 41.5 Å². The zero-order chi connectivity index (χ0) is 10.8. The summed E-state index contributed by atoms with van der Waals surface area (Å²) in [7, 11) is 0. The minimum absolute atomic E-state index is 0.0263. The van der Waals surface area contributed by atoms with Crippen LogP contribution in [0.3, 0.4) is 0 Å². The Balaban J connectivity index is 2.58. The van der Waals surface area contributed by atoms with Crippen molar-refractivity contribution < 1.29 is 5.11 Å². The summed E-state index contributed by atoms with van der Waals surface area (Å²) < 4.78 is 1.82. The van der Waals surface area contributed by atoms with Gasteiger partial charge in [0.1, 0.15) is 0 Å². The van der Waals surface area contributed by atoms with Crippen LogP contribution in [0.1, 0.15) is 17.0 Å². The van der Waals surface area contributed by atoms with Gasteiger partial charge in [-0.1, -0.05) is 0 Å². The molecule has 1 N–H and O–H groups in total. The van der Waals surface area contributed by atoms with E-state index in [0.717, 1.165) is 22.6 Å². The Morgan fingerprint density at radius 3 is 2.80 bits per heavy atom. The Bertz CT molecular complexity index is 476. The molecule has 0 amide bonds. The molecule has 0 atom stereocenters. The van der Waals surface area contributed by atoms with Crippen molar-refractivity contribution in [2.45, 2.75) is 20.5 Å². The second kappa shape index (κ2) is 3.82. The lowest BCUT2D eigenvalue weighted by Gasteiger charge is -2.08. The van der Waals surface area contributed by atoms with Crippen molar-refractivity contribution in [1.82, 2.24) is 14.8 Å². The molecule has 0 aromatic carbocycles. The Hall–Kier alpha value is -1.68. The van der Waals surface area contributed by atoms with Crippen molar-refractivity contribution in [2.24, 2.45) is 0 Å². The predicted octanol–water partition coefficient (Wildman–Crippen LogP) is 1.38. The molecule has 0 spiro atoms. The number of nitrogens with zero attached hydrogens (tertiary/aromatic N) is 3. The van der Waals surface area contributed by atoms with Crippen molar-refractivity contribution in [3.8, 4) is 5.69 Å². The maximum Gasteiger partial charge on any atom is 0.0734 e. The van der Waals surface area contributed by atoms with Crippen LogP contribution < -0.4 is 0 Å². The zero-order valence-corrected chi connectivity index (χ0v) is 8.81. The molecule has 2 aromatic rings. The van der Waals surface area contributed by atoms with Gasteiger partial charge in [0.05, 0.1) is 18.0 Å². The summed E-state index contributed by atoms with van der Waals surface area (Å²) in [6.07, 6.45) is 3.36. The lowest BCUT2D eigenvalue weighted by Crippen LogP contribution is -2.03. The van der Waals surface area contributed by atoms with E-state index in [9.17, 15) is 5.11 Å². The van der Waals surface area contributed by atoms with Gasteiger partial charge in [0, 0.05) is 23.7 Å². The van der Waals surface area contributed by atoms with Gasteiger partial charge in [0.15, 0.2) is 0 Å². The van der Waals surface area contributed by atoms with Gasteiger partial charge in [-0.25, -0.2) is 4.68 Å². The van der Waals surface area contributed by atoms with Crippen LogP contribution in [-0.2, 0) is 6.61 Å². The minimum Gasteiger partial charge on any atom is -0.392 e. The van der Waals surface area contributed by atoms with Crippen molar-refractivity contribution >= 4 is 0 Å². The van der Waals surface area contributed by atoms with E-state index < -0.39 is 0 Å². The Morgan fingerprint density at radius 2 is 2.20 bits per heavy atom. The third-order valence-corrected chi connectivity index (χ3v) is 2.29. The summed E-state index contributed by atoms with van der Waals surface area (Å²) in [4.78, 5) is 3.98. The highest BCUT2D eigenvalue weighted by Crippen LogP contribution is 2.15. The standard InChI is InChI=1S/C11H13N3O/c1-8-5-9(2)14(13-8)11-3-4-12-6-10(11)7-15/h3-6,15H,7H2,1-2H3. The molecule has 4 heteroatoms. The molecule has 0 radical (unpaired) electrons. The third-order valence-electron chi connectivity index (χ3n) is 2.29. The van der Waals surface area contributed by atoms with Gasteiger partial charge in [-0.05, 0) is 26.0 Å². The summed E-state index contributed by atoms with van der Waals surface area (Å²) in [5.41, 5.74) is 3.68. The molecule has 4 nitrogen and oxygen atoms in total. The SMILES string of the molecule is Cc1cc(C)n(-c2ccncc2CO)n1. The topological polar surface area (TPSA) is 50.9 Å². The van der Waals surface area contributed by atoms with E-state index in [0.29, 0.717) is 0 Å². The molecule has 2 rings (SSSR count). The molecule has 0 aliphatic heterocycles. The van der Waals surface area contributed by atoms with Crippen molar-refractivity contribution in [2.75, 3.05) is 0 Å². The number of hydrogen-bond acceptors (Lipinski definition) is 3. The minimum atomic E-state index is -0.0263. The van der Waals surface area contributed by atoms with Crippen LogP contribution in [0.2, 0.25) is 0 Å². The summed E-state index contributed by atoms with van der Waals surface area (Å²) >= 11 is 0. The van der Waals surface area contributed by atoms with E-state index in [-0.39, 0.29) is 6.61 Å². The van der Waals surface area contributed by atoms with E-state index in [1.54, 1.807) is 12.4 Å². The van der Waals surface area contributed by atoms with E-state index >= 15 is 0 Å². The number of aliphatic hydroxyl groups excluding tert-OH is 1. The van der Waals surface area contributed by atoms with Gasteiger partial charge in [0.25, 0.3) is 0 Å². The van der Waals surface area contributed by atoms with Crippen LogP contribution in [0.4, 0.5) is 0 Å². The Kier molecular flexibility index (Phi) is 2.51. The smallest absolute Gasteiger partial charge is 0.0734 e. The number of pyridine rings is 1. The maximum absolute atomic E-state index is 9.20. The molecule has 0 saturated heterocycles. The van der Waals surface area contributed by atoms with Gasteiger partial charge < -0.3 is 5.11 Å². The molecule has 0 fully saturated rings. The fraction of sp³-hybridized carbons (Fsp3) is 0.273. The summed E-state index contributed by atoms with van der Waals surface area (Å²) in [6, 6.07) is 3.85. The zero-order valence-electron chi connectivity index (χ0n) is 8.81. The molecule has 78 valence electrons. The maximum atomic E-state index is 9.20. The summed E-state index contributed by atoms with van der Waals surface area (Å²) in [6.45, 7) is 3.91. The third kappa shape index (κ3) is 1.76. The lowest BCUT2D eigenvalue weighted by molar-refractivity contribution is 0.281. The van der Waals surface area contributed by atoms with E-state index in [2.05, 4.69) is 10.1 Å². The van der Waals surface area contributed by atoms with Gasteiger partial charge in [-0.2, -0.15) is 5.10 Å². The predicted molar refractivity (Wildman–Crippen MR) is 56.8 cm³/mol. The van der Waals surface area contributed by atoms with E-state index in [1.807, 2.05) is 30.7 Å². The second-order valence-electron chi connectivity index (χ2n) is 3.50. The van der Waals surface area contributed by atoms with E-state index in [1.165, 1.54) is 0 Å². The number of rotatable bonds is 2. The van der Waals surface area contributed by atoms with Gasteiger partial charge in [-0.15, -0.1) is 0 Å². The summed E-state index contributed by atoms with van der Waals surface area (Å²) in [5.74, 6) is 0. The molecule has 15 heavy (non-hydrogen) atoms. The first-order valence-corrected chi connectivity index (χ1v) is 4.80. The van der Waals surface area contributed by atoms with Crippen LogP contribution >= 0.6 is 0 Å². The molecular weight excluding hydrogens is 190 g/mol. The van der Waals surface area contributed by atoms with Crippen LogP contribution in [0.5, 0.6) is 0 Å². The Morgan fingerprint density at radius 1 is 1.40 bits per heavy atom. The highest BCUT2D eigenvalue weighted by atomic mass is 16.3. The highest BCUT2D eigenvalue weighted by Gasteiger charge is 2.07. The second-order valence-corrected chi connectivity index (χ2v) is 3.50. The van der Waals surface area contributed by atoms with Crippen LogP contribution in [-0.4, -0.2) is 19.9 Å². The van der Waals surface area contributed by atoms with Crippen molar-refractivity contribution in [1.29, 1.82) is 0 Å². The quantitative estimate of drug-likeness (QED) is 0.802. The average molecular weight is 203 g/mol. The van der Waals surface area contributed by atoms with Crippen LogP contribution in [0, 0.1) is 13.8 Å². The molecule has 0 aliphatic carbocycles. The molecule has 0 unspecified atom stereocenters. The number of aromatic nitrogens is 3. The number of aliphatic hydroxyl groups is 1. The molecule has 0 aliphatic rings. The molecular formula is C11H13N3O. The largest absolute Gasteiger partial charge is 0.392 e. The summed E-state index contributed by atoms with van der Waals surface area (Å²) in [5, 5.41) is 13.6. The molecule has 0 saturated carbocycles. The van der Waals surface area contributed by atoms with Gasteiger partial charge in [0.2, 0.25) is 0 Å². The average Bonchev–Trinajstić information content (AvgIpc) is 2.57. The number of hydrogen-bond donors (Lipinski definition) is 1. The van der Waals surface area contributed by atoms with Crippen LogP contribution in [0.25, 0.3) is 5.69 Å².